The van der Waals surface area contributed by atoms with E-state index in [1.165, 1.54) is 0 Å². The molecule has 2 aromatic rings. The fraction of sp³-hybridized carbons (Fsp3) is 0.381. The number of ether oxygens (including phenoxy) is 1. The van der Waals surface area contributed by atoms with Gasteiger partial charge in [-0.05, 0) is 62.6 Å². The molecule has 0 bridgehead atoms. The van der Waals surface area contributed by atoms with Crippen LogP contribution in [0.5, 0.6) is 0 Å². The van der Waals surface area contributed by atoms with Crippen LogP contribution in [0.25, 0.3) is 11.1 Å². The molecule has 1 aliphatic heterocycles. The summed E-state index contributed by atoms with van der Waals surface area (Å²) in [5.41, 5.74) is 9.21. The lowest BCUT2D eigenvalue weighted by atomic mass is 9.89. The largest absolute Gasteiger partial charge is 0.447 e. The van der Waals surface area contributed by atoms with Gasteiger partial charge in [0.05, 0.1) is 12.1 Å². The Balaban J connectivity index is 2.02. The van der Waals surface area contributed by atoms with Crippen LogP contribution in [-0.4, -0.2) is 29.1 Å². The third-order valence-electron chi connectivity index (χ3n) is 4.77. The Morgan fingerprint density at radius 3 is 2.57 bits per heavy atom. The number of nitrogens with zero attached hydrogens (tertiary/aromatic N) is 2. The van der Waals surface area contributed by atoms with E-state index >= 15 is 0 Å². The van der Waals surface area contributed by atoms with Crippen LogP contribution in [0.2, 0.25) is 0 Å². The van der Waals surface area contributed by atoms with Crippen molar-refractivity contribution in [1.82, 2.24) is 10.3 Å². The van der Waals surface area contributed by atoms with Crippen molar-refractivity contribution in [3.05, 3.63) is 42.1 Å². The summed E-state index contributed by atoms with van der Waals surface area (Å²) in [5.74, 6) is 0.424. The van der Waals surface area contributed by atoms with Crippen molar-refractivity contribution in [2.24, 2.45) is 0 Å². The summed E-state index contributed by atoms with van der Waals surface area (Å²) in [6.45, 7) is 7.14. The first-order valence-corrected chi connectivity index (χ1v) is 9.39. The van der Waals surface area contributed by atoms with Crippen LogP contribution in [0.1, 0.15) is 45.7 Å². The average Bonchev–Trinajstić information content (AvgIpc) is 2.61. The van der Waals surface area contributed by atoms with Gasteiger partial charge >= 0.3 is 6.09 Å². The predicted octanol–water partition coefficient (Wildman–Crippen LogP) is 3.65. The highest BCUT2D eigenvalue weighted by Crippen LogP contribution is 2.39. The smallest absolute Gasteiger partial charge is 0.407 e. The molecule has 0 saturated carbocycles. The van der Waals surface area contributed by atoms with Gasteiger partial charge in [-0.3, -0.25) is 4.79 Å². The summed E-state index contributed by atoms with van der Waals surface area (Å²) in [6.07, 6.45) is 1.64. The predicted molar refractivity (Wildman–Crippen MR) is 109 cm³/mol. The molecule has 1 aromatic heterocycles. The SMILES string of the molecule is CC(=O)N1c2ccc(-c3ccc(N)nc3)cc2[C@H](NC(=O)OC(C)C)C[C@@H]1C. The maximum Gasteiger partial charge on any atom is 0.407 e. The number of nitrogens with two attached hydrogens (primary N) is 1. The summed E-state index contributed by atoms with van der Waals surface area (Å²) in [5, 5.41) is 2.95. The van der Waals surface area contributed by atoms with Crippen LogP contribution in [0.4, 0.5) is 16.3 Å². The number of hydrogen-bond acceptors (Lipinski definition) is 5. The molecule has 0 saturated heterocycles. The van der Waals surface area contributed by atoms with Gasteiger partial charge in [-0.15, -0.1) is 0 Å². The zero-order valence-electron chi connectivity index (χ0n) is 16.6. The molecule has 0 radical (unpaired) electrons. The van der Waals surface area contributed by atoms with E-state index in [2.05, 4.69) is 10.3 Å². The van der Waals surface area contributed by atoms with Crippen molar-refractivity contribution in [2.75, 3.05) is 10.6 Å². The molecule has 0 fully saturated rings. The first-order valence-electron chi connectivity index (χ1n) is 9.39. The summed E-state index contributed by atoms with van der Waals surface area (Å²) in [6, 6.07) is 9.20. The first-order chi connectivity index (χ1) is 13.3. The highest BCUT2D eigenvalue weighted by molar-refractivity contribution is 5.94. The highest BCUT2D eigenvalue weighted by Gasteiger charge is 2.33. The average molecular weight is 382 g/mol. The number of amides is 2. The topological polar surface area (TPSA) is 97.5 Å². The Hall–Kier alpha value is -3.09. The quantitative estimate of drug-likeness (QED) is 0.844. The fourth-order valence-corrected chi connectivity index (χ4v) is 3.63. The van der Waals surface area contributed by atoms with Gasteiger partial charge in [0.2, 0.25) is 5.91 Å². The Morgan fingerprint density at radius 1 is 1.25 bits per heavy atom. The van der Waals surface area contributed by atoms with Crippen LogP contribution >= 0.6 is 0 Å². The van der Waals surface area contributed by atoms with E-state index in [0.717, 1.165) is 22.4 Å². The molecule has 1 aliphatic rings. The Morgan fingerprint density at radius 2 is 1.96 bits per heavy atom. The van der Waals surface area contributed by atoms with Crippen LogP contribution in [0.3, 0.4) is 0 Å². The molecule has 7 nitrogen and oxygen atoms in total. The normalized spacial score (nSPS) is 18.5. The second-order valence-electron chi connectivity index (χ2n) is 7.37. The number of benzene rings is 1. The monoisotopic (exact) mass is 382 g/mol. The summed E-state index contributed by atoms with van der Waals surface area (Å²) in [7, 11) is 0. The summed E-state index contributed by atoms with van der Waals surface area (Å²) >= 11 is 0. The number of hydrogen-bond donors (Lipinski definition) is 2. The number of nitrogen functional groups attached to an aromatic ring is 1. The van der Waals surface area contributed by atoms with Gasteiger partial charge in [0.1, 0.15) is 5.82 Å². The van der Waals surface area contributed by atoms with Gasteiger partial charge in [-0.1, -0.05) is 6.07 Å². The van der Waals surface area contributed by atoms with E-state index in [4.69, 9.17) is 10.5 Å². The zero-order valence-corrected chi connectivity index (χ0v) is 16.6. The van der Waals surface area contributed by atoms with E-state index in [-0.39, 0.29) is 24.1 Å². The molecule has 2 amide bonds. The molecule has 7 heteroatoms. The molecule has 1 aromatic carbocycles. The van der Waals surface area contributed by atoms with Gasteiger partial charge in [-0.25, -0.2) is 9.78 Å². The minimum atomic E-state index is -0.464. The highest BCUT2D eigenvalue weighted by atomic mass is 16.6. The van der Waals surface area contributed by atoms with E-state index in [0.29, 0.717) is 12.2 Å². The molecule has 2 heterocycles. The Kier molecular flexibility index (Phi) is 5.53. The number of alkyl carbamates (subject to hydrolysis) is 1. The maximum atomic E-state index is 12.2. The molecular weight excluding hydrogens is 356 g/mol. The lowest BCUT2D eigenvalue weighted by molar-refractivity contribution is -0.117. The van der Waals surface area contributed by atoms with Crippen LogP contribution in [0, 0.1) is 0 Å². The molecular formula is C21H26N4O3. The molecule has 0 unspecified atom stereocenters. The molecule has 3 rings (SSSR count). The minimum Gasteiger partial charge on any atom is -0.447 e. The summed E-state index contributed by atoms with van der Waals surface area (Å²) in [4.78, 5) is 30.4. The van der Waals surface area contributed by atoms with Crippen LogP contribution in [0.15, 0.2) is 36.5 Å². The van der Waals surface area contributed by atoms with E-state index in [1.807, 2.05) is 31.2 Å². The molecule has 28 heavy (non-hydrogen) atoms. The number of carbonyl (C=O) groups is 2. The van der Waals surface area contributed by atoms with Crippen molar-refractivity contribution in [1.29, 1.82) is 0 Å². The molecule has 0 spiro atoms. The number of fused-ring (bicyclic) bond motifs is 1. The van der Waals surface area contributed by atoms with Gasteiger partial charge in [0.25, 0.3) is 0 Å². The van der Waals surface area contributed by atoms with Crippen molar-refractivity contribution in [3.8, 4) is 11.1 Å². The molecule has 3 N–H and O–H groups in total. The number of carbonyl (C=O) groups excluding carboxylic acids is 2. The second-order valence-corrected chi connectivity index (χ2v) is 7.37. The number of nitrogens with one attached hydrogen (secondary N) is 1. The van der Waals surface area contributed by atoms with Crippen molar-refractivity contribution < 1.29 is 14.3 Å². The summed E-state index contributed by atoms with van der Waals surface area (Å²) < 4.78 is 5.25. The van der Waals surface area contributed by atoms with Gasteiger partial charge in [0.15, 0.2) is 0 Å². The van der Waals surface area contributed by atoms with Crippen LogP contribution < -0.4 is 16.0 Å². The van der Waals surface area contributed by atoms with E-state index < -0.39 is 6.09 Å². The third-order valence-corrected chi connectivity index (χ3v) is 4.77. The minimum absolute atomic E-state index is 0.0288. The maximum absolute atomic E-state index is 12.2. The second kappa shape index (κ2) is 7.88. The molecule has 2 atom stereocenters. The van der Waals surface area contributed by atoms with Crippen molar-refractivity contribution in [3.63, 3.8) is 0 Å². The van der Waals surface area contributed by atoms with Gasteiger partial charge in [-0.2, -0.15) is 0 Å². The van der Waals surface area contributed by atoms with E-state index in [1.54, 1.807) is 37.9 Å². The van der Waals surface area contributed by atoms with Crippen LogP contribution in [-0.2, 0) is 9.53 Å². The first kappa shape index (κ1) is 19.7. The lowest BCUT2D eigenvalue weighted by Crippen LogP contribution is -2.45. The zero-order chi connectivity index (χ0) is 20.4. The fourth-order valence-electron chi connectivity index (χ4n) is 3.63. The number of pyridine rings is 1. The van der Waals surface area contributed by atoms with Crippen molar-refractivity contribution in [2.45, 2.75) is 52.3 Å². The van der Waals surface area contributed by atoms with Crippen molar-refractivity contribution >= 4 is 23.5 Å². The van der Waals surface area contributed by atoms with Gasteiger partial charge in [0, 0.05) is 30.4 Å². The number of aromatic nitrogens is 1. The Bertz CT molecular complexity index is 880. The number of anilines is 2. The lowest BCUT2D eigenvalue weighted by Gasteiger charge is -2.39. The standard InChI is InChI=1S/C21H26N4O3/c1-12(2)28-21(27)24-18-9-13(3)25(14(4)26)19-7-5-15(10-17(18)19)16-6-8-20(22)23-11-16/h5-8,10-13,18H,9H2,1-4H3,(H2,22,23)(H,24,27)/t13-,18+/m0/s1. The molecule has 0 aliphatic carbocycles. The molecule has 148 valence electrons. The van der Waals surface area contributed by atoms with E-state index in [9.17, 15) is 9.59 Å². The third kappa shape index (κ3) is 4.08. The Labute approximate surface area is 164 Å². The van der Waals surface area contributed by atoms with Gasteiger partial charge < -0.3 is 20.7 Å². The number of rotatable bonds is 3.